The van der Waals surface area contributed by atoms with Gasteiger partial charge in [0.15, 0.2) is 11.5 Å². The maximum absolute atomic E-state index is 12.8. The van der Waals surface area contributed by atoms with Crippen LogP contribution >= 0.6 is 47.2 Å². The van der Waals surface area contributed by atoms with Crippen LogP contribution in [0.1, 0.15) is 30.9 Å². The van der Waals surface area contributed by atoms with Crippen molar-refractivity contribution in [1.82, 2.24) is 4.90 Å². The summed E-state index contributed by atoms with van der Waals surface area (Å²) < 4.78 is 16.8. The van der Waals surface area contributed by atoms with Gasteiger partial charge in [-0.2, -0.15) is 0 Å². The summed E-state index contributed by atoms with van der Waals surface area (Å²) in [7, 11) is 1.53. The number of thiocarbonyl (C=S) groups is 1. The molecular weight excluding hydrogens is 517 g/mol. The molecule has 1 heterocycles. The third kappa shape index (κ3) is 6.66. The van der Waals surface area contributed by atoms with Gasteiger partial charge in [-0.3, -0.25) is 14.5 Å². The van der Waals surface area contributed by atoms with Crippen LogP contribution in [0.2, 0.25) is 10.0 Å². The van der Waals surface area contributed by atoms with Gasteiger partial charge >= 0.3 is 5.97 Å². The number of nitrogens with zero attached hydrogens (tertiary/aromatic N) is 1. The molecule has 0 N–H and O–H groups in total. The normalized spacial score (nSPS) is 14.6. The van der Waals surface area contributed by atoms with E-state index < -0.39 is 5.97 Å². The van der Waals surface area contributed by atoms with E-state index in [1.165, 1.54) is 12.0 Å². The Kier molecular flexibility index (Phi) is 9.64. The fourth-order valence-corrected chi connectivity index (χ4v) is 4.77. The average molecular weight is 540 g/mol. The molecule has 1 aliphatic heterocycles. The Bertz CT molecular complexity index is 1100. The molecule has 0 saturated carbocycles. The van der Waals surface area contributed by atoms with Gasteiger partial charge in [-0.25, -0.2) is 0 Å². The summed E-state index contributed by atoms with van der Waals surface area (Å²) >= 11 is 18.8. The molecule has 0 atom stereocenters. The van der Waals surface area contributed by atoms with Crippen LogP contribution in [0.5, 0.6) is 11.5 Å². The number of methoxy groups -OCH3 is 1. The molecule has 0 unspecified atom stereocenters. The van der Waals surface area contributed by atoms with Crippen LogP contribution in [-0.2, 0) is 20.9 Å². The highest BCUT2D eigenvalue weighted by Crippen LogP contribution is 2.35. The predicted molar refractivity (Wildman–Crippen MR) is 140 cm³/mol. The Morgan fingerprint density at radius 3 is 2.59 bits per heavy atom. The standard InChI is InChI=1S/C24H23Cl2NO5S2/c1-3-4-10-31-22(28)13-27-23(29)21(34-24(27)33)12-15-8-9-19(20(11-15)30-2)32-14-16-17(25)6-5-7-18(16)26/h5-9,11-12H,3-4,10,13-14H2,1-2H3/b21-12-. The number of carbonyl (C=O) groups is 2. The average Bonchev–Trinajstić information content (AvgIpc) is 3.06. The maximum Gasteiger partial charge on any atom is 0.326 e. The van der Waals surface area contributed by atoms with Crippen molar-refractivity contribution < 1.29 is 23.8 Å². The summed E-state index contributed by atoms with van der Waals surface area (Å²) in [6.07, 6.45) is 3.38. The van der Waals surface area contributed by atoms with Crippen molar-refractivity contribution >= 4 is 69.5 Å². The molecule has 0 bridgehead atoms. The van der Waals surface area contributed by atoms with E-state index in [4.69, 9.17) is 49.6 Å². The smallest absolute Gasteiger partial charge is 0.326 e. The van der Waals surface area contributed by atoms with Gasteiger partial charge in [-0.05, 0) is 42.3 Å². The molecule has 1 fully saturated rings. The Labute approximate surface area is 218 Å². The SMILES string of the molecule is CCCCOC(=O)CN1C(=O)/C(=C/c2ccc(OCc3c(Cl)cccc3Cl)c(OC)c2)SC1=S. The third-order valence-electron chi connectivity index (χ3n) is 4.84. The van der Waals surface area contributed by atoms with E-state index in [2.05, 4.69) is 0 Å². The van der Waals surface area contributed by atoms with Gasteiger partial charge in [0.05, 0.1) is 18.6 Å². The number of unbranched alkanes of at least 4 members (excludes halogenated alkanes) is 1. The zero-order valence-electron chi connectivity index (χ0n) is 18.6. The van der Waals surface area contributed by atoms with E-state index in [-0.39, 0.29) is 19.1 Å². The fraction of sp³-hybridized carbons (Fsp3) is 0.292. The van der Waals surface area contributed by atoms with Gasteiger partial charge in [0, 0.05) is 15.6 Å². The summed E-state index contributed by atoms with van der Waals surface area (Å²) in [6.45, 7) is 2.30. The number of rotatable bonds is 10. The minimum atomic E-state index is -0.479. The molecule has 0 spiro atoms. The molecule has 1 aliphatic rings. The van der Waals surface area contributed by atoms with Gasteiger partial charge in [-0.15, -0.1) is 0 Å². The number of halogens is 2. The van der Waals surface area contributed by atoms with Crippen molar-refractivity contribution in [2.45, 2.75) is 26.4 Å². The van der Waals surface area contributed by atoms with Crippen molar-refractivity contribution in [2.24, 2.45) is 0 Å². The van der Waals surface area contributed by atoms with E-state index in [1.807, 2.05) is 6.92 Å². The van der Waals surface area contributed by atoms with E-state index in [0.29, 0.717) is 48.5 Å². The molecule has 34 heavy (non-hydrogen) atoms. The molecule has 10 heteroatoms. The topological polar surface area (TPSA) is 65.1 Å². The van der Waals surface area contributed by atoms with E-state index in [1.54, 1.807) is 42.5 Å². The minimum Gasteiger partial charge on any atom is -0.493 e. The van der Waals surface area contributed by atoms with E-state index in [0.717, 1.165) is 24.6 Å². The van der Waals surface area contributed by atoms with Crippen molar-refractivity contribution in [2.75, 3.05) is 20.3 Å². The molecule has 180 valence electrons. The second-order valence-corrected chi connectivity index (χ2v) is 9.73. The molecule has 0 radical (unpaired) electrons. The molecule has 1 saturated heterocycles. The first-order valence-electron chi connectivity index (χ1n) is 10.5. The summed E-state index contributed by atoms with van der Waals surface area (Å²) in [6, 6.07) is 10.5. The number of amides is 1. The summed E-state index contributed by atoms with van der Waals surface area (Å²) in [4.78, 5) is 26.5. The first-order valence-corrected chi connectivity index (χ1v) is 12.5. The van der Waals surface area contributed by atoms with Gasteiger partial charge < -0.3 is 14.2 Å². The fourth-order valence-electron chi connectivity index (χ4n) is 3.01. The largest absolute Gasteiger partial charge is 0.493 e. The highest BCUT2D eigenvalue weighted by molar-refractivity contribution is 8.26. The number of hydrogen-bond acceptors (Lipinski definition) is 7. The quantitative estimate of drug-likeness (QED) is 0.156. The summed E-state index contributed by atoms with van der Waals surface area (Å²) in [5, 5.41) is 1.03. The molecule has 0 aliphatic carbocycles. The number of thioether (sulfide) groups is 1. The van der Waals surface area contributed by atoms with Crippen LogP contribution in [0.25, 0.3) is 6.08 Å². The lowest BCUT2D eigenvalue weighted by molar-refractivity contribution is -0.146. The van der Waals surface area contributed by atoms with Gasteiger partial charge in [0.1, 0.15) is 17.5 Å². The Hall–Kier alpha value is -2.26. The Morgan fingerprint density at radius 1 is 1.18 bits per heavy atom. The maximum atomic E-state index is 12.8. The predicted octanol–water partition coefficient (Wildman–Crippen LogP) is 6.13. The van der Waals surface area contributed by atoms with Crippen LogP contribution in [0.4, 0.5) is 0 Å². The molecule has 2 aromatic carbocycles. The summed E-state index contributed by atoms with van der Waals surface area (Å²) in [5.41, 5.74) is 1.39. The van der Waals surface area contributed by atoms with Crippen molar-refractivity contribution in [3.05, 3.63) is 62.5 Å². The van der Waals surface area contributed by atoms with Crippen LogP contribution in [-0.4, -0.2) is 41.4 Å². The third-order valence-corrected chi connectivity index (χ3v) is 6.93. The van der Waals surface area contributed by atoms with Crippen LogP contribution in [0.15, 0.2) is 41.3 Å². The Morgan fingerprint density at radius 2 is 1.91 bits per heavy atom. The number of ether oxygens (including phenoxy) is 3. The molecule has 2 aromatic rings. The second-order valence-electron chi connectivity index (χ2n) is 7.24. The number of carbonyl (C=O) groups excluding carboxylic acids is 2. The van der Waals surface area contributed by atoms with Gasteiger partial charge in [0.2, 0.25) is 0 Å². The molecular formula is C24H23Cl2NO5S2. The number of hydrogen-bond donors (Lipinski definition) is 0. The van der Waals surface area contributed by atoms with Crippen LogP contribution in [0, 0.1) is 0 Å². The van der Waals surface area contributed by atoms with Gasteiger partial charge in [-0.1, -0.05) is 72.7 Å². The second kappa shape index (κ2) is 12.4. The van der Waals surface area contributed by atoms with Gasteiger partial charge in [0.25, 0.3) is 5.91 Å². The van der Waals surface area contributed by atoms with Crippen LogP contribution in [0.3, 0.4) is 0 Å². The highest BCUT2D eigenvalue weighted by atomic mass is 35.5. The van der Waals surface area contributed by atoms with E-state index >= 15 is 0 Å². The lowest BCUT2D eigenvalue weighted by Gasteiger charge is -2.13. The first-order chi connectivity index (χ1) is 16.3. The summed E-state index contributed by atoms with van der Waals surface area (Å²) in [5.74, 6) is 0.160. The molecule has 0 aromatic heterocycles. The highest BCUT2D eigenvalue weighted by Gasteiger charge is 2.33. The van der Waals surface area contributed by atoms with Crippen molar-refractivity contribution in [3.63, 3.8) is 0 Å². The van der Waals surface area contributed by atoms with Crippen molar-refractivity contribution in [3.8, 4) is 11.5 Å². The number of benzene rings is 2. The van der Waals surface area contributed by atoms with Crippen molar-refractivity contribution in [1.29, 1.82) is 0 Å². The van der Waals surface area contributed by atoms with Crippen LogP contribution < -0.4 is 9.47 Å². The number of esters is 1. The molecule has 6 nitrogen and oxygen atoms in total. The zero-order chi connectivity index (χ0) is 24.7. The molecule has 3 rings (SSSR count). The first kappa shape index (κ1) is 26.3. The zero-order valence-corrected chi connectivity index (χ0v) is 21.8. The monoisotopic (exact) mass is 539 g/mol. The van der Waals surface area contributed by atoms with E-state index in [9.17, 15) is 9.59 Å². The Balaban J connectivity index is 1.70. The minimum absolute atomic E-state index is 0.168. The lowest BCUT2D eigenvalue weighted by atomic mass is 10.1. The lowest BCUT2D eigenvalue weighted by Crippen LogP contribution is -2.34. The molecule has 1 amide bonds.